The van der Waals surface area contributed by atoms with Crippen molar-refractivity contribution in [1.82, 2.24) is 25.4 Å². The zero-order valence-corrected chi connectivity index (χ0v) is 21.5. The van der Waals surface area contributed by atoms with Crippen LogP contribution in [0.15, 0.2) is 52.1 Å². The maximum Gasteiger partial charge on any atom is 0.191 e. The van der Waals surface area contributed by atoms with Gasteiger partial charge < -0.3 is 15.1 Å². The first kappa shape index (κ1) is 23.8. The summed E-state index contributed by atoms with van der Waals surface area (Å²) in [5.41, 5.74) is 2.93. The van der Waals surface area contributed by atoms with E-state index in [0.717, 1.165) is 74.9 Å². The fourth-order valence-electron chi connectivity index (χ4n) is 4.70. The average Bonchev–Trinajstić information content (AvgIpc) is 3.48. The molecule has 7 nitrogen and oxygen atoms in total. The number of nitrogens with zero attached hydrogens (tertiary/aromatic N) is 4. The topological polar surface area (TPSA) is 80.3 Å². The molecule has 2 unspecified atom stereocenters. The third-order valence-electron chi connectivity index (χ3n) is 6.45. The van der Waals surface area contributed by atoms with Gasteiger partial charge in [-0.2, -0.15) is 5.10 Å². The largest absolute Gasteiger partial charge is 0.469 e. The van der Waals surface area contributed by atoms with Crippen LogP contribution >= 0.6 is 24.0 Å². The predicted octanol–water partition coefficient (Wildman–Crippen LogP) is 3.70. The van der Waals surface area contributed by atoms with Crippen molar-refractivity contribution in [2.24, 2.45) is 4.99 Å². The first-order valence-electron chi connectivity index (χ1n) is 11.9. The van der Waals surface area contributed by atoms with E-state index in [-0.39, 0.29) is 24.0 Å². The molecule has 0 spiro atoms. The lowest BCUT2D eigenvalue weighted by Gasteiger charge is -2.30. The van der Waals surface area contributed by atoms with Crippen LogP contribution in [-0.2, 0) is 38.6 Å². The van der Waals surface area contributed by atoms with Crippen molar-refractivity contribution in [2.75, 3.05) is 6.54 Å². The van der Waals surface area contributed by atoms with Crippen LogP contribution in [-0.4, -0.2) is 39.4 Å². The minimum Gasteiger partial charge on any atom is -0.469 e. The van der Waals surface area contributed by atoms with Gasteiger partial charge in [-0.1, -0.05) is 31.2 Å². The summed E-state index contributed by atoms with van der Waals surface area (Å²) in [5.74, 6) is 3.90. The molecule has 2 N–H and O–H groups in total. The normalized spacial score (nSPS) is 19.8. The minimum absolute atomic E-state index is 0. The summed E-state index contributed by atoms with van der Waals surface area (Å²) >= 11 is 0. The fraction of sp³-hybridized carbons (Fsp3) is 0.480. The second kappa shape index (κ2) is 11.2. The van der Waals surface area contributed by atoms with Crippen LogP contribution in [0.25, 0.3) is 0 Å². The molecule has 1 aliphatic carbocycles. The zero-order chi connectivity index (χ0) is 21.8. The molecule has 8 heteroatoms. The van der Waals surface area contributed by atoms with E-state index in [1.54, 1.807) is 6.26 Å². The average molecular weight is 560 g/mol. The number of fused-ring (bicyclic) bond motifs is 2. The maximum absolute atomic E-state index is 5.48. The molecule has 3 aromatic rings. The highest BCUT2D eigenvalue weighted by molar-refractivity contribution is 14.0. The van der Waals surface area contributed by atoms with Crippen LogP contribution < -0.4 is 10.6 Å². The predicted molar refractivity (Wildman–Crippen MR) is 140 cm³/mol. The van der Waals surface area contributed by atoms with Crippen LogP contribution in [0.1, 0.15) is 48.3 Å². The van der Waals surface area contributed by atoms with E-state index < -0.39 is 0 Å². The highest BCUT2D eigenvalue weighted by Crippen LogP contribution is 2.21. The molecule has 0 amide bonds. The summed E-state index contributed by atoms with van der Waals surface area (Å²) in [7, 11) is 0. The summed E-state index contributed by atoms with van der Waals surface area (Å²) in [6.07, 6.45) is 8.64. The molecular weight excluding hydrogens is 527 g/mol. The molecule has 0 fully saturated rings. The number of guanidine groups is 1. The van der Waals surface area contributed by atoms with E-state index in [1.807, 2.05) is 12.1 Å². The number of halogens is 1. The van der Waals surface area contributed by atoms with Crippen molar-refractivity contribution in [3.8, 4) is 0 Å². The van der Waals surface area contributed by atoms with Gasteiger partial charge in [0.1, 0.15) is 11.6 Å². The third-order valence-corrected chi connectivity index (χ3v) is 6.45. The van der Waals surface area contributed by atoms with Gasteiger partial charge in [-0.05, 0) is 48.9 Å². The van der Waals surface area contributed by atoms with Gasteiger partial charge in [0.05, 0.1) is 12.8 Å². The minimum atomic E-state index is 0. The summed E-state index contributed by atoms with van der Waals surface area (Å²) in [6, 6.07) is 13.4. The third kappa shape index (κ3) is 5.96. The lowest BCUT2D eigenvalue weighted by atomic mass is 9.88. The summed E-state index contributed by atoms with van der Waals surface area (Å²) < 4.78 is 7.54. The first-order valence-corrected chi connectivity index (χ1v) is 11.9. The van der Waals surface area contributed by atoms with Crippen LogP contribution in [0.4, 0.5) is 0 Å². The van der Waals surface area contributed by atoms with E-state index in [2.05, 4.69) is 56.6 Å². The van der Waals surface area contributed by atoms with Gasteiger partial charge in [-0.3, -0.25) is 4.99 Å². The Morgan fingerprint density at radius 2 is 1.91 bits per heavy atom. The van der Waals surface area contributed by atoms with Gasteiger partial charge in [-0.25, -0.2) is 9.67 Å². The van der Waals surface area contributed by atoms with Crippen molar-refractivity contribution in [2.45, 2.75) is 70.5 Å². The molecule has 1 aliphatic heterocycles. The molecule has 2 aliphatic rings. The van der Waals surface area contributed by atoms with Crippen molar-refractivity contribution < 1.29 is 4.42 Å². The van der Waals surface area contributed by atoms with Crippen LogP contribution in [0.5, 0.6) is 0 Å². The summed E-state index contributed by atoms with van der Waals surface area (Å²) in [6.45, 7) is 3.62. The highest BCUT2D eigenvalue weighted by atomic mass is 127. The van der Waals surface area contributed by atoms with Crippen molar-refractivity contribution >= 4 is 29.9 Å². The lowest BCUT2D eigenvalue weighted by molar-refractivity contribution is 0.388. The van der Waals surface area contributed by atoms with Crippen LogP contribution in [0.2, 0.25) is 0 Å². The number of aromatic nitrogens is 3. The van der Waals surface area contributed by atoms with Crippen molar-refractivity contribution in [3.63, 3.8) is 0 Å². The molecule has 33 heavy (non-hydrogen) atoms. The Bertz CT molecular complexity index is 1060. The fourth-order valence-corrected chi connectivity index (χ4v) is 4.70. The van der Waals surface area contributed by atoms with E-state index in [1.165, 1.54) is 11.1 Å². The Labute approximate surface area is 212 Å². The lowest BCUT2D eigenvalue weighted by Crippen LogP contribution is -2.51. The first-order chi connectivity index (χ1) is 15.8. The number of hydrogen-bond acceptors (Lipinski definition) is 4. The van der Waals surface area contributed by atoms with E-state index in [9.17, 15) is 0 Å². The Morgan fingerprint density at radius 3 is 2.73 bits per heavy atom. The van der Waals surface area contributed by atoms with E-state index >= 15 is 0 Å². The highest BCUT2D eigenvalue weighted by Gasteiger charge is 2.24. The number of aryl methyl sites for hydroxylation is 3. The molecule has 0 bridgehead atoms. The van der Waals surface area contributed by atoms with Crippen LogP contribution in [0.3, 0.4) is 0 Å². The number of hydrogen-bond donors (Lipinski definition) is 2. The molecule has 2 atom stereocenters. The molecule has 3 heterocycles. The molecule has 176 valence electrons. The Hall–Kier alpha value is -2.36. The standard InChI is InChI=1S/C25H32N6O.HI/c1-2-23-29-24-12-11-21(17-31(24)30-23)28-25(26-14-13-22-8-5-15-32-22)27-20-10-9-18-6-3-4-7-19(18)16-20;/h3-8,15,20-21H,2,9-14,16-17H2,1H3,(H2,26,27,28);1H. The van der Waals surface area contributed by atoms with Gasteiger partial charge in [0.15, 0.2) is 11.8 Å². The number of nitrogens with one attached hydrogen (secondary N) is 2. The van der Waals surface area contributed by atoms with Gasteiger partial charge >= 0.3 is 0 Å². The molecule has 0 saturated carbocycles. The number of furan rings is 1. The molecule has 0 radical (unpaired) electrons. The molecule has 2 aromatic heterocycles. The van der Waals surface area contributed by atoms with Gasteiger partial charge in [0, 0.05) is 37.9 Å². The SMILES string of the molecule is CCc1nc2n(n1)CC(NC(=NCCc1ccco1)NC1CCc3ccccc3C1)CC2.I. The molecule has 0 saturated heterocycles. The number of aliphatic imine (C=N–C) groups is 1. The summed E-state index contributed by atoms with van der Waals surface area (Å²) in [4.78, 5) is 9.55. The smallest absolute Gasteiger partial charge is 0.191 e. The van der Waals surface area contributed by atoms with Crippen molar-refractivity contribution in [1.29, 1.82) is 0 Å². The second-order valence-electron chi connectivity index (χ2n) is 8.77. The molecule has 1 aromatic carbocycles. The number of rotatable bonds is 6. The monoisotopic (exact) mass is 560 g/mol. The summed E-state index contributed by atoms with van der Waals surface area (Å²) in [5, 5.41) is 12.1. The van der Waals surface area contributed by atoms with Crippen LogP contribution in [0, 0.1) is 0 Å². The zero-order valence-electron chi connectivity index (χ0n) is 19.2. The van der Waals surface area contributed by atoms with E-state index in [0.29, 0.717) is 18.6 Å². The molecule has 5 rings (SSSR count). The van der Waals surface area contributed by atoms with E-state index in [4.69, 9.17) is 9.41 Å². The Balaban J connectivity index is 0.00000259. The van der Waals surface area contributed by atoms with Gasteiger partial charge in [0.25, 0.3) is 0 Å². The Morgan fingerprint density at radius 1 is 1.09 bits per heavy atom. The number of benzene rings is 1. The van der Waals surface area contributed by atoms with Crippen molar-refractivity contribution in [3.05, 3.63) is 71.2 Å². The maximum atomic E-state index is 5.48. The quantitative estimate of drug-likeness (QED) is 0.273. The second-order valence-corrected chi connectivity index (χ2v) is 8.77. The van der Waals surface area contributed by atoms with Gasteiger partial charge in [0.2, 0.25) is 0 Å². The Kier molecular flexibility index (Phi) is 8.06. The van der Waals surface area contributed by atoms with Gasteiger partial charge in [-0.15, -0.1) is 24.0 Å². The molecular formula is C25H33IN6O.